The number of nitrogens with zero attached hydrogens (tertiary/aromatic N) is 4. The molecule has 6 heteroatoms. The maximum absolute atomic E-state index is 5.36. The van der Waals surface area contributed by atoms with Crippen LogP contribution < -0.4 is 5.73 Å². The highest BCUT2D eigenvalue weighted by Crippen LogP contribution is 2.13. The van der Waals surface area contributed by atoms with Crippen LogP contribution in [0.15, 0.2) is 12.4 Å². The molecule has 6 nitrogen and oxygen atoms in total. The molecule has 2 heterocycles. The summed E-state index contributed by atoms with van der Waals surface area (Å²) in [7, 11) is 0. The molecule has 0 unspecified atom stereocenters. The zero-order valence-corrected chi connectivity index (χ0v) is 7.02. The standard InChI is InChI=1S/C7H8N6/c1-4-5(10-3-2-9-4)6-11-7(8)13-12-6/h2-3H,1H3,(H3,8,11,12,13). The molecule has 2 aromatic heterocycles. The lowest BCUT2D eigenvalue weighted by Gasteiger charge is -1.96. The number of H-pyrrole nitrogens is 1. The van der Waals surface area contributed by atoms with Gasteiger partial charge in [-0.15, -0.1) is 5.10 Å². The molecule has 13 heavy (non-hydrogen) atoms. The zero-order valence-electron chi connectivity index (χ0n) is 7.02. The van der Waals surface area contributed by atoms with E-state index < -0.39 is 0 Å². The number of nitrogen functional groups attached to an aromatic ring is 1. The van der Waals surface area contributed by atoms with Crippen molar-refractivity contribution in [2.24, 2.45) is 0 Å². The van der Waals surface area contributed by atoms with Gasteiger partial charge >= 0.3 is 0 Å². The van der Waals surface area contributed by atoms with E-state index in [1.165, 1.54) is 0 Å². The zero-order chi connectivity index (χ0) is 9.26. The van der Waals surface area contributed by atoms with E-state index in [9.17, 15) is 0 Å². The molecule has 3 N–H and O–H groups in total. The van der Waals surface area contributed by atoms with Gasteiger partial charge < -0.3 is 5.73 Å². The van der Waals surface area contributed by atoms with E-state index in [2.05, 4.69) is 25.1 Å². The summed E-state index contributed by atoms with van der Waals surface area (Å²) in [5.41, 5.74) is 6.83. The minimum Gasteiger partial charge on any atom is -0.366 e. The second-order valence-corrected chi connectivity index (χ2v) is 2.53. The van der Waals surface area contributed by atoms with Gasteiger partial charge in [0.1, 0.15) is 5.69 Å². The Bertz CT molecular complexity index is 420. The van der Waals surface area contributed by atoms with E-state index in [0.29, 0.717) is 11.5 Å². The van der Waals surface area contributed by atoms with Gasteiger partial charge in [-0.2, -0.15) is 4.98 Å². The highest BCUT2D eigenvalue weighted by molar-refractivity contribution is 5.52. The molecule has 0 saturated heterocycles. The van der Waals surface area contributed by atoms with Crippen LogP contribution in [0.3, 0.4) is 0 Å². The fourth-order valence-electron chi connectivity index (χ4n) is 1.02. The summed E-state index contributed by atoms with van der Waals surface area (Å²) < 4.78 is 0. The van der Waals surface area contributed by atoms with E-state index in [-0.39, 0.29) is 5.95 Å². The Kier molecular flexibility index (Phi) is 1.66. The number of anilines is 1. The average molecular weight is 176 g/mol. The molecule has 0 bridgehead atoms. The summed E-state index contributed by atoms with van der Waals surface area (Å²) in [6.45, 7) is 1.85. The SMILES string of the molecule is Cc1nccnc1-c1nc(N)n[nH]1. The van der Waals surface area contributed by atoms with E-state index in [4.69, 9.17) is 5.73 Å². The largest absolute Gasteiger partial charge is 0.366 e. The van der Waals surface area contributed by atoms with Crippen LogP contribution >= 0.6 is 0 Å². The van der Waals surface area contributed by atoms with Crippen LogP contribution in [-0.2, 0) is 0 Å². The van der Waals surface area contributed by atoms with Gasteiger partial charge in [-0.1, -0.05) is 0 Å². The molecular weight excluding hydrogens is 168 g/mol. The van der Waals surface area contributed by atoms with Gasteiger partial charge in [0.25, 0.3) is 0 Å². The molecule has 0 saturated carbocycles. The molecule has 0 atom stereocenters. The first kappa shape index (κ1) is 7.66. The van der Waals surface area contributed by atoms with Gasteiger partial charge in [0.05, 0.1) is 5.69 Å². The summed E-state index contributed by atoms with van der Waals surface area (Å²) in [6.07, 6.45) is 3.22. The second-order valence-electron chi connectivity index (χ2n) is 2.53. The van der Waals surface area contributed by atoms with Gasteiger partial charge in [-0.05, 0) is 6.92 Å². The number of hydrogen-bond acceptors (Lipinski definition) is 5. The lowest BCUT2D eigenvalue weighted by Crippen LogP contribution is -1.92. The second kappa shape index (κ2) is 2.81. The maximum Gasteiger partial charge on any atom is 0.239 e. The van der Waals surface area contributed by atoms with E-state index in [1.807, 2.05) is 6.92 Å². The molecular formula is C7H8N6. The maximum atomic E-state index is 5.36. The molecule has 0 radical (unpaired) electrons. The normalized spacial score (nSPS) is 10.2. The molecule has 0 fully saturated rings. The first-order valence-corrected chi connectivity index (χ1v) is 3.73. The molecule has 0 aromatic carbocycles. The van der Waals surface area contributed by atoms with Crippen molar-refractivity contribution >= 4 is 5.95 Å². The Morgan fingerprint density at radius 3 is 2.69 bits per heavy atom. The van der Waals surface area contributed by atoms with Crippen molar-refractivity contribution in [2.45, 2.75) is 6.92 Å². The van der Waals surface area contributed by atoms with Gasteiger partial charge in [-0.3, -0.25) is 10.1 Å². The molecule has 2 aromatic rings. The first-order valence-electron chi connectivity index (χ1n) is 3.73. The Balaban J connectivity index is 2.52. The van der Waals surface area contributed by atoms with Gasteiger partial charge in [0, 0.05) is 12.4 Å². The minimum atomic E-state index is 0.208. The number of hydrogen-bond donors (Lipinski definition) is 2. The summed E-state index contributed by atoms with van der Waals surface area (Å²) in [4.78, 5) is 12.1. The Labute approximate surface area is 74.2 Å². The van der Waals surface area contributed by atoms with Gasteiger partial charge in [-0.25, -0.2) is 4.98 Å². The van der Waals surface area contributed by atoms with Crippen LogP contribution in [0.5, 0.6) is 0 Å². The quantitative estimate of drug-likeness (QED) is 0.645. The minimum absolute atomic E-state index is 0.208. The van der Waals surface area contributed by atoms with Crippen molar-refractivity contribution in [1.29, 1.82) is 0 Å². The monoisotopic (exact) mass is 176 g/mol. The van der Waals surface area contributed by atoms with E-state index >= 15 is 0 Å². The van der Waals surface area contributed by atoms with Crippen molar-refractivity contribution in [3.8, 4) is 11.5 Å². The fourth-order valence-corrected chi connectivity index (χ4v) is 1.02. The number of rotatable bonds is 1. The van der Waals surface area contributed by atoms with Crippen molar-refractivity contribution in [3.05, 3.63) is 18.1 Å². The lowest BCUT2D eigenvalue weighted by atomic mass is 10.3. The molecule has 0 aliphatic carbocycles. The van der Waals surface area contributed by atoms with Crippen molar-refractivity contribution < 1.29 is 0 Å². The van der Waals surface area contributed by atoms with Crippen molar-refractivity contribution in [3.63, 3.8) is 0 Å². The van der Waals surface area contributed by atoms with Gasteiger partial charge in [0.15, 0.2) is 5.82 Å². The third kappa shape index (κ3) is 1.33. The van der Waals surface area contributed by atoms with Crippen LogP contribution in [0.1, 0.15) is 5.69 Å². The number of nitrogens with one attached hydrogen (secondary N) is 1. The van der Waals surface area contributed by atoms with E-state index in [0.717, 1.165) is 5.69 Å². The number of aromatic nitrogens is 5. The van der Waals surface area contributed by atoms with Crippen LogP contribution in [0.25, 0.3) is 11.5 Å². The van der Waals surface area contributed by atoms with Crippen LogP contribution in [0, 0.1) is 6.92 Å². The molecule has 0 amide bonds. The Hall–Kier alpha value is -1.98. The van der Waals surface area contributed by atoms with Crippen LogP contribution in [0.2, 0.25) is 0 Å². The molecule has 0 aliphatic heterocycles. The Morgan fingerprint density at radius 1 is 1.31 bits per heavy atom. The number of aromatic amines is 1. The highest BCUT2D eigenvalue weighted by Gasteiger charge is 2.07. The van der Waals surface area contributed by atoms with Crippen molar-refractivity contribution in [1.82, 2.24) is 25.1 Å². The topological polar surface area (TPSA) is 93.4 Å². The predicted molar refractivity (Wildman–Crippen MR) is 46.6 cm³/mol. The van der Waals surface area contributed by atoms with Crippen molar-refractivity contribution in [2.75, 3.05) is 5.73 Å². The summed E-state index contributed by atoms with van der Waals surface area (Å²) >= 11 is 0. The molecule has 2 rings (SSSR count). The smallest absolute Gasteiger partial charge is 0.239 e. The third-order valence-corrected chi connectivity index (χ3v) is 1.61. The predicted octanol–water partition coefficient (Wildman–Crippen LogP) is 0.152. The summed E-state index contributed by atoms with van der Waals surface area (Å²) in [6, 6.07) is 0. The summed E-state index contributed by atoms with van der Waals surface area (Å²) in [5, 5.41) is 6.38. The van der Waals surface area contributed by atoms with Crippen LogP contribution in [0.4, 0.5) is 5.95 Å². The fraction of sp³-hybridized carbons (Fsp3) is 0.143. The number of nitrogens with two attached hydrogens (primary N) is 1. The number of aryl methyl sites for hydroxylation is 1. The lowest BCUT2D eigenvalue weighted by molar-refractivity contribution is 1.06. The molecule has 0 spiro atoms. The first-order chi connectivity index (χ1) is 6.27. The molecule has 0 aliphatic rings. The van der Waals surface area contributed by atoms with Crippen LogP contribution in [-0.4, -0.2) is 25.1 Å². The average Bonchev–Trinajstić information content (AvgIpc) is 2.53. The third-order valence-electron chi connectivity index (χ3n) is 1.61. The van der Waals surface area contributed by atoms with Gasteiger partial charge in [0.2, 0.25) is 5.95 Å². The molecule has 66 valence electrons. The van der Waals surface area contributed by atoms with E-state index in [1.54, 1.807) is 12.4 Å². The highest BCUT2D eigenvalue weighted by atomic mass is 15.3. The summed E-state index contributed by atoms with van der Waals surface area (Å²) in [5.74, 6) is 0.753. The Morgan fingerprint density at radius 2 is 2.08 bits per heavy atom.